The average Bonchev–Trinajstić information content (AvgIpc) is 3.40. The number of alkyl halides is 3. The van der Waals surface area contributed by atoms with Crippen molar-refractivity contribution >= 4 is 18.0 Å². The lowest BCUT2D eigenvalue weighted by molar-refractivity contribution is -0.223. The highest BCUT2D eigenvalue weighted by Gasteiger charge is 2.75. The van der Waals surface area contributed by atoms with E-state index < -0.39 is 34.9 Å². The molecular formula is C37H37F3N2O5. The minimum Gasteiger partial charge on any atom is -0.504 e. The molecule has 7 rings (SSSR count). The number of benzene rings is 3. The minimum absolute atomic E-state index is 0.00591. The van der Waals surface area contributed by atoms with Crippen molar-refractivity contribution < 1.29 is 37.3 Å². The maximum atomic E-state index is 13.6. The number of nitrogens with zero attached hydrogens (tertiary/aromatic N) is 2. The Kier molecular flexibility index (Phi) is 7.62. The molecule has 2 fully saturated rings. The lowest BCUT2D eigenvalue weighted by Gasteiger charge is -2.65. The summed E-state index contributed by atoms with van der Waals surface area (Å²) in [4.78, 5) is 30.5. The number of ether oxygens (including phenoxy) is 2. The van der Waals surface area contributed by atoms with Crippen LogP contribution in [0.2, 0.25) is 0 Å². The van der Waals surface area contributed by atoms with Crippen molar-refractivity contribution in [3.05, 3.63) is 101 Å². The first-order chi connectivity index (χ1) is 22.4. The number of likely N-dealkylation sites (tertiary alicyclic amines) is 1. The monoisotopic (exact) mass is 646 g/mol. The molecule has 1 N–H and O–H groups in total. The lowest BCUT2D eigenvalue weighted by Crippen LogP contribution is -2.79. The molecule has 2 heterocycles. The Hall–Kier alpha value is -4.31. The third-order valence-electron chi connectivity index (χ3n) is 10.8. The van der Waals surface area contributed by atoms with Crippen molar-refractivity contribution in [1.82, 2.24) is 9.80 Å². The van der Waals surface area contributed by atoms with E-state index in [0.29, 0.717) is 31.4 Å². The standard InChI is InChI=1S/C37H37F3N2O5/c1-23(43)47-36-17-15-28(41(2)31(45)14-11-25-9-6-10-27(21-25)37(38,39)40)34-35(36)18-20-42(19-16-24-7-4-3-5-8-24)30(36)22-26-12-13-29(44)33(46-34)32(26)35/h3-14,21,28,30,34,44H,15-20,22H2,1-2H3/t28-,30-,34+,35+,36-/m1/s1. The largest absolute Gasteiger partial charge is 0.504 e. The number of likely N-dealkylation sites (N-methyl/N-ethyl adjacent to an activating group) is 1. The predicted molar refractivity (Wildman–Crippen MR) is 169 cm³/mol. The number of carbonyl (C=O) groups excluding carboxylic acids is 2. The van der Waals surface area contributed by atoms with E-state index in [1.165, 1.54) is 36.8 Å². The van der Waals surface area contributed by atoms with Crippen molar-refractivity contribution in [2.24, 2.45) is 0 Å². The van der Waals surface area contributed by atoms with E-state index in [2.05, 4.69) is 17.0 Å². The Morgan fingerprint density at radius 2 is 1.89 bits per heavy atom. The van der Waals surface area contributed by atoms with Gasteiger partial charge in [-0.2, -0.15) is 13.2 Å². The summed E-state index contributed by atoms with van der Waals surface area (Å²) in [7, 11) is 1.67. The van der Waals surface area contributed by atoms with E-state index in [1.54, 1.807) is 18.0 Å². The van der Waals surface area contributed by atoms with E-state index >= 15 is 0 Å². The highest BCUT2D eigenvalue weighted by Crippen LogP contribution is 2.67. The fraction of sp³-hybridized carbons (Fsp3) is 0.405. The molecule has 4 aliphatic rings. The van der Waals surface area contributed by atoms with Gasteiger partial charge in [0.15, 0.2) is 11.5 Å². The van der Waals surface area contributed by atoms with Crippen LogP contribution in [-0.4, -0.2) is 70.7 Å². The van der Waals surface area contributed by atoms with E-state index in [1.807, 2.05) is 24.3 Å². The summed E-state index contributed by atoms with van der Waals surface area (Å²) < 4.78 is 53.0. The Morgan fingerprint density at radius 1 is 1.11 bits per heavy atom. The van der Waals surface area contributed by atoms with Crippen LogP contribution in [-0.2, 0) is 38.8 Å². The second-order valence-corrected chi connectivity index (χ2v) is 13.2. The molecule has 1 amide bonds. The number of esters is 1. The van der Waals surface area contributed by atoms with Crippen molar-refractivity contribution in [1.29, 1.82) is 0 Å². The third-order valence-corrected chi connectivity index (χ3v) is 10.8. The maximum absolute atomic E-state index is 13.6. The highest BCUT2D eigenvalue weighted by atomic mass is 19.4. The number of halogens is 3. The summed E-state index contributed by atoms with van der Waals surface area (Å²) in [6.07, 6.45) is 0.559. The van der Waals surface area contributed by atoms with Gasteiger partial charge >= 0.3 is 12.1 Å². The molecule has 3 aromatic rings. The van der Waals surface area contributed by atoms with Crippen molar-refractivity contribution in [2.75, 3.05) is 20.1 Å². The Labute approximate surface area is 271 Å². The number of phenolic OH excluding ortho intramolecular Hbond substituents is 1. The number of hydrogen-bond donors (Lipinski definition) is 1. The zero-order chi connectivity index (χ0) is 33.1. The average molecular weight is 647 g/mol. The van der Waals surface area contributed by atoms with Crippen LogP contribution in [0.25, 0.3) is 6.08 Å². The van der Waals surface area contributed by atoms with Gasteiger partial charge in [0, 0.05) is 32.2 Å². The summed E-state index contributed by atoms with van der Waals surface area (Å²) in [5.74, 6) is -0.388. The normalized spacial score (nSPS) is 27.6. The van der Waals surface area contributed by atoms with Crippen LogP contribution in [0.4, 0.5) is 13.2 Å². The van der Waals surface area contributed by atoms with E-state index in [-0.39, 0.29) is 29.2 Å². The summed E-state index contributed by atoms with van der Waals surface area (Å²) in [6, 6.07) is 18.1. The topological polar surface area (TPSA) is 79.3 Å². The molecule has 0 unspecified atom stereocenters. The van der Waals surface area contributed by atoms with Crippen LogP contribution in [0.3, 0.4) is 0 Å². The number of amides is 1. The van der Waals surface area contributed by atoms with Crippen molar-refractivity contribution in [3.8, 4) is 11.5 Å². The number of phenols is 1. The Bertz CT molecular complexity index is 1740. The first-order valence-corrected chi connectivity index (χ1v) is 16.1. The van der Waals surface area contributed by atoms with Crippen LogP contribution in [0.1, 0.15) is 54.0 Å². The lowest BCUT2D eigenvalue weighted by atomic mass is 9.48. The molecule has 246 valence electrons. The summed E-state index contributed by atoms with van der Waals surface area (Å²) in [5, 5.41) is 11.0. The molecule has 1 saturated heterocycles. The number of hydrogen-bond acceptors (Lipinski definition) is 6. The van der Waals surface area contributed by atoms with Gasteiger partial charge in [-0.05, 0) is 79.6 Å². The van der Waals surface area contributed by atoms with Gasteiger partial charge in [-0.25, -0.2) is 0 Å². The predicted octanol–water partition coefficient (Wildman–Crippen LogP) is 5.92. The first-order valence-electron chi connectivity index (χ1n) is 16.1. The van der Waals surface area contributed by atoms with Crippen LogP contribution < -0.4 is 4.74 Å². The molecule has 10 heteroatoms. The molecule has 2 aliphatic heterocycles. The quantitative estimate of drug-likeness (QED) is 0.254. The Morgan fingerprint density at radius 3 is 2.64 bits per heavy atom. The number of rotatable bonds is 7. The first kappa shape index (κ1) is 31.3. The molecule has 3 aromatic carbocycles. The minimum atomic E-state index is -4.49. The number of aromatic hydroxyl groups is 1. The maximum Gasteiger partial charge on any atom is 0.416 e. The fourth-order valence-corrected chi connectivity index (χ4v) is 8.89. The van der Waals surface area contributed by atoms with Gasteiger partial charge in [0.25, 0.3) is 0 Å². The van der Waals surface area contributed by atoms with Crippen LogP contribution in [0.5, 0.6) is 11.5 Å². The van der Waals surface area contributed by atoms with Gasteiger partial charge in [-0.15, -0.1) is 0 Å². The van der Waals surface area contributed by atoms with Gasteiger partial charge in [0.2, 0.25) is 5.91 Å². The van der Waals surface area contributed by atoms with Gasteiger partial charge < -0.3 is 19.5 Å². The molecule has 2 bridgehead atoms. The van der Waals surface area contributed by atoms with Crippen LogP contribution in [0.15, 0.2) is 72.8 Å². The zero-order valence-corrected chi connectivity index (χ0v) is 26.3. The number of piperidine rings is 1. The number of carbonyl (C=O) groups is 2. The zero-order valence-electron chi connectivity index (χ0n) is 26.3. The smallest absolute Gasteiger partial charge is 0.416 e. The second kappa shape index (κ2) is 11.4. The molecule has 7 nitrogen and oxygen atoms in total. The van der Waals surface area contributed by atoms with E-state index in [4.69, 9.17) is 9.47 Å². The SMILES string of the molecule is CC(=O)O[C@@]12CC[C@@H](N(C)C(=O)C=Cc3cccc(C(F)(F)F)c3)[C@@H]3Oc4c(O)ccc5c4[C@@]31CCN(CCc1ccccc1)[C@@H]2C5. The van der Waals surface area contributed by atoms with Crippen LogP contribution in [0, 0.1) is 0 Å². The second-order valence-electron chi connectivity index (χ2n) is 13.2. The molecule has 0 radical (unpaired) electrons. The molecule has 0 aromatic heterocycles. The fourth-order valence-electron chi connectivity index (χ4n) is 8.89. The van der Waals surface area contributed by atoms with Gasteiger partial charge in [0.05, 0.1) is 23.1 Å². The Balaban J connectivity index is 1.24. The molecule has 5 atom stereocenters. The van der Waals surface area contributed by atoms with Crippen molar-refractivity contribution in [3.63, 3.8) is 0 Å². The summed E-state index contributed by atoms with van der Waals surface area (Å²) >= 11 is 0. The summed E-state index contributed by atoms with van der Waals surface area (Å²) in [6.45, 7) is 2.93. The van der Waals surface area contributed by atoms with Gasteiger partial charge in [0.1, 0.15) is 11.7 Å². The van der Waals surface area contributed by atoms with Crippen molar-refractivity contribution in [2.45, 2.75) is 74.4 Å². The molecule has 47 heavy (non-hydrogen) atoms. The summed E-state index contributed by atoms with van der Waals surface area (Å²) in [5.41, 5.74) is 0.846. The molecule has 2 aliphatic carbocycles. The highest BCUT2D eigenvalue weighted by molar-refractivity contribution is 5.92. The molecule has 1 saturated carbocycles. The molecule has 1 spiro atoms. The van der Waals surface area contributed by atoms with Gasteiger partial charge in [-0.3, -0.25) is 14.5 Å². The third kappa shape index (κ3) is 4.99. The van der Waals surface area contributed by atoms with E-state index in [9.17, 15) is 27.9 Å². The van der Waals surface area contributed by atoms with E-state index in [0.717, 1.165) is 42.8 Å². The van der Waals surface area contributed by atoms with Gasteiger partial charge in [-0.1, -0.05) is 48.5 Å². The van der Waals surface area contributed by atoms with Crippen LogP contribution >= 0.6 is 0 Å². The molecular weight excluding hydrogens is 609 g/mol.